The maximum Gasteiger partial charge on any atom is 0.234 e. The normalized spacial score (nSPS) is 12.2. The zero-order valence-electron chi connectivity index (χ0n) is 8.37. The van der Waals surface area contributed by atoms with Gasteiger partial charge in [0.25, 0.3) is 0 Å². The molecule has 1 atom stereocenters. The second kappa shape index (κ2) is 6.15. The van der Waals surface area contributed by atoms with Crippen LogP contribution < -0.4 is 11.3 Å². The monoisotopic (exact) mass is 288 g/mol. The van der Waals surface area contributed by atoms with Gasteiger partial charge < -0.3 is 0 Å². The summed E-state index contributed by atoms with van der Waals surface area (Å²) in [5, 5.41) is 0.211. The van der Waals surface area contributed by atoms with E-state index in [1.165, 1.54) is 0 Å². The van der Waals surface area contributed by atoms with Crippen LogP contribution in [-0.2, 0) is 4.79 Å². The van der Waals surface area contributed by atoms with Crippen LogP contribution in [0.4, 0.5) is 0 Å². The first-order valence-corrected chi connectivity index (χ1v) is 6.20. The Hall–Kier alpha value is -0.520. The van der Waals surface area contributed by atoms with E-state index in [0.29, 0.717) is 6.42 Å². The summed E-state index contributed by atoms with van der Waals surface area (Å²) in [4.78, 5) is 12.2. The highest BCUT2D eigenvalue weighted by molar-refractivity contribution is 9.10. The molecular formula is C10H13BrN2OS. The van der Waals surface area contributed by atoms with E-state index in [4.69, 9.17) is 5.84 Å². The van der Waals surface area contributed by atoms with Crippen LogP contribution >= 0.6 is 27.7 Å². The average Bonchev–Trinajstić information content (AvgIpc) is 2.17. The summed E-state index contributed by atoms with van der Waals surface area (Å²) in [6.07, 6.45) is 0.424. The fraction of sp³-hybridized carbons (Fsp3) is 0.300. The SMILES string of the molecule is CC(CC(=O)NN)Sc1cccc(Br)c1. The van der Waals surface area contributed by atoms with E-state index in [2.05, 4.69) is 21.4 Å². The molecule has 0 aliphatic heterocycles. The van der Waals surface area contributed by atoms with Crippen molar-refractivity contribution >= 4 is 33.6 Å². The predicted molar refractivity (Wildman–Crippen MR) is 66.4 cm³/mol. The summed E-state index contributed by atoms with van der Waals surface area (Å²) in [5.41, 5.74) is 2.13. The van der Waals surface area contributed by atoms with E-state index in [0.717, 1.165) is 9.37 Å². The van der Waals surface area contributed by atoms with Crippen molar-refractivity contribution in [1.82, 2.24) is 5.43 Å². The second-order valence-electron chi connectivity index (χ2n) is 3.16. The van der Waals surface area contributed by atoms with Gasteiger partial charge in [-0.15, -0.1) is 11.8 Å². The van der Waals surface area contributed by atoms with E-state index in [9.17, 15) is 4.79 Å². The minimum Gasteiger partial charge on any atom is -0.294 e. The molecule has 1 amide bonds. The van der Waals surface area contributed by atoms with Crippen molar-refractivity contribution in [3.05, 3.63) is 28.7 Å². The van der Waals surface area contributed by atoms with Crippen LogP contribution in [0.15, 0.2) is 33.6 Å². The van der Waals surface area contributed by atoms with Gasteiger partial charge in [-0.2, -0.15) is 0 Å². The van der Waals surface area contributed by atoms with Crippen molar-refractivity contribution in [2.45, 2.75) is 23.5 Å². The third kappa shape index (κ3) is 4.68. The van der Waals surface area contributed by atoms with Crippen LogP contribution in [0.5, 0.6) is 0 Å². The fourth-order valence-electron chi connectivity index (χ4n) is 1.13. The molecule has 1 rings (SSSR count). The number of hydrogen-bond donors (Lipinski definition) is 2. The second-order valence-corrected chi connectivity index (χ2v) is 5.59. The predicted octanol–water partition coefficient (Wildman–Crippen LogP) is 2.31. The van der Waals surface area contributed by atoms with Crippen LogP contribution in [0.3, 0.4) is 0 Å². The van der Waals surface area contributed by atoms with E-state index in [1.54, 1.807) is 11.8 Å². The van der Waals surface area contributed by atoms with Gasteiger partial charge in [-0.05, 0) is 18.2 Å². The lowest BCUT2D eigenvalue weighted by molar-refractivity contribution is -0.121. The first-order chi connectivity index (χ1) is 7.11. The molecule has 0 fully saturated rings. The van der Waals surface area contributed by atoms with Gasteiger partial charge in [0.05, 0.1) is 0 Å². The van der Waals surface area contributed by atoms with Crippen molar-refractivity contribution in [1.29, 1.82) is 0 Å². The molecule has 1 aromatic rings. The number of rotatable bonds is 4. The van der Waals surface area contributed by atoms with Crippen molar-refractivity contribution < 1.29 is 4.79 Å². The zero-order chi connectivity index (χ0) is 11.3. The van der Waals surface area contributed by atoms with E-state index in [-0.39, 0.29) is 11.2 Å². The Morgan fingerprint density at radius 3 is 3.00 bits per heavy atom. The van der Waals surface area contributed by atoms with Gasteiger partial charge in [-0.25, -0.2) is 5.84 Å². The minimum absolute atomic E-state index is 0.134. The Bertz CT molecular complexity index is 346. The molecule has 3 nitrogen and oxygen atoms in total. The highest BCUT2D eigenvalue weighted by atomic mass is 79.9. The van der Waals surface area contributed by atoms with Gasteiger partial charge in [0, 0.05) is 21.0 Å². The first-order valence-electron chi connectivity index (χ1n) is 4.53. The maximum atomic E-state index is 11.0. The Morgan fingerprint density at radius 2 is 2.40 bits per heavy atom. The number of halogens is 1. The van der Waals surface area contributed by atoms with Crippen molar-refractivity contribution in [2.24, 2.45) is 5.84 Å². The number of thioether (sulfide) groups is 1. The largest absolute Gasteiger partial charge is 0.294 e. The van der Waals surface area contributed by atoms with Gasteiger partial charge in [0.15, 0.2) is 0 Å². The number of carbonyl (C=O) groups excluding carboxylic acids is 1. The van der Waals surface area contributed by atoms with Crippen molar-refractivity contribution in [3.8, 4) is 0 Å². The molecule has 0 spiro atoms. The van der Waals surface area contributed by atoms with Gasteiger partial charge in [0.1, 0.15) is 0 Å². The molecule has 1 aromatic carbocycles. The van der Waals surface area contributed by atoms with Gasteiger partial charge >= 0.3 is 0 Å². The highest BCUT2D eigenvalue weighted by Crippen LogP contribution is 2.27. The molecule has 15 heavy (non-hydrogen) atoms. The number of benzene rings is 1. The van der Waals surface area contributed by atoms with Crippen LogP contribution in [-0.4, -0.2) is 11.2 Å². The Labute approximate surface area is 102 Å². The van der Waals surface area contributed by atoms with Crippen molar-refractivity contribution in [3.63, 3.8) is 0 Å². The number of amides is 1. The van der Waals surface area contributed by atoms with Crippen LogP contribution in [0.25, 0.3) is 0 Å². The third-order valence-electron chi connectivity index (χ3n) is 1.77. The summed E-state index contributed by atoms with van der Waals surface area (Å²) in [6.45, 7) is 2.00. The molecule has 0 saturated carbocycles. The molecule has 0 aromatic heterocycles. The van der Waals surface area contributed by atoms with Crippen LogP contribution in [0.2, 0.25) is 0 Å². The number of carbonyl (C=O) groups is 1. The molecule has 0 aliphatic carbocycles. The smallest absolute Gasteiger partial charge is 0.234 e. The topological polar surface area (TPSA) is 55.1 Å². The van der Waals surface area contributed by atoms with Gasteiger partial charge in [-0.1, -0.05) is 28.9 Å². The lowest BCUT2D eigenvalue weighted by atomic mass is 10.3. The maximum absolute atomic E-state index is 11.0. The highest BCUT2D eigenvalue weighted by Gasteiger charge is 2.09. The van der Waals surface area contributed by atoms with Crippen LogP contribution in [0.1, 0.15) is 13.3 Å². The molecule has 82 valence electrons. The molecule has 0 bridgehead atoms. The number of nitrogens with one attached hydrogen (secondary N) is 1. The quantitative estimate of drug-likeness (QED) is 0.387. The summed E-state index contributed by atoms with van der Waals surface area (Å²) in [6, 6.07) is 8.00. The molecule has 0 radical (unpaired) electrons. The van der Waals surface area contributed by atoms with E-state index < -0.39 is 0 Å². The summed E-state index contributed by atoms with van der Waals surface area (Å²) in [5.74, 6) is 4.89. The summed E-state index contributed by atoms with van der Waals surface area (Å²) < 4.78 is 1.04. The first kappa shape index (κ1) is 12.5. The molecular weight excluding hydrogens is 276 g/mol. The minimum atomic E-state index is -0.134. The van der Waals surface area contributed by atoms with Crippen molar-refractivity contribution in [2.75, 3.05) is 0 Å². The van der Waals surface area contributed by atoms with Gasteiger partial charge in [0.2, 0.25) is 5.91 Å². The molecule has 5 heteroatoms. The number of hydrogen-bond acceptors (Lipinski definition) is 3. The summed E-state index contributed by atoms with van der Waals surface area (Å²) >= 11 is 5.06. The standard InChI is InChI=1S/C10H13BrN2OS/c1-7(5-10(14)13-12)15-9-4-2-3-8(11)6-9/h2-4,6-7H,5,12H2,1H3,(H,13,14). The molecule has 0 aliphatic rings. The van der Waals surface area contributed by atoms with Crippen LogP contribution in [0, 0.1) is 0 Å². The lowest BCUT2D eigenvalue weighted by Gasteiger charge is -2.09. The molecule has 1 unspecified atom stereocenters. The van der Waals surface area contributed by atoms with E-state index in [1.807, 2.05) is 31.2 Å². The lowest BCUT2D eigenvalue weighted by Crippen LogP contribution is -2.31. The average molecular weight is 289 g/mol. The Kier molecular flexibility index (Phi) is 5.14. The van der Waals surface area contributed by atoms with E-state index >= 15 is 0 Å². The molecule has 3 N–H and O–H groups in total. The summed E-state index contributed by atoms with van der Waals surface area (Å²) in [7, 11) is 0. The Morgan fingerprint density at radius 1 is 1.67 bits per heavy atom. The third-order valence-corrected chi connectivity index (χ3v) is 3.36. The molecule has 0 heterocycles. The zero-order valence-corrected chi connectivity index (χ0v) is 10.8. The molecule has 0 saturated heterocycles. The fourth-order valence-corrected chi connectivity index (χ4v) is 2.74. The van der Waals surface area contributed by atoms with Gasteiger partial charge in [-0.3, -0.25) is 10.2 Å². The number of hydrazine groups is 1. The number of nitrogens with two attached hydrogens (primary N) is 1. The Balaban J connectivity index is 2.51.